The van der Waals surface area contributed by atoms with Gasteiger partial charge in [-0.15, -0.1) is 0 Å². The summed E-state index contributed by atoms with van der Waals surface area (Å²) in [5.41, 5.74) is 10.6. The van der Waals surface area contributed by atoms with E-state index in [1.807, 2.05) is 32.0 Å². The summed E-state index contributed by atoms with van der Waals surface area (Å²) in [6, 6.07) is 7.47. The minimum Gasteiger partial charge on any atom is -0.381 e. The molecule has 0 saturated heterocycles. The molecule has 0 aliphatic rings. The summed E-state index contributed by atoms with van der Waals surface area (Å²) in [5.74, 6) is 0.0561. The number of aryl methyl sites for hydroxylation is 2. The van der Waals surface area contributed by atoms with Crippen molar-refractivity contribution in [2.75, 3.05) is 5.73 Å². The van der Waals surface area contributed by atoms with Crippen molar-refractivity contribution in [2.24, 2.45) is 0 Å². The molecular weight excluding hydrogens is 364 g/mol. The Morgan fingerprint density at radius 2 is 1.93 bits per heavy atom. The van der Waals surface area contributed by atoms with Crippen LogP contribution in [0.3, 0.4) is 0 Å². The van der Waals surface area contributed by atoms with Gasteiger partial charge in [0.05, 0.1) is 33.8 Å². The molecular formula is C18H13ClN8. The molecule has 27 heavy (non-hydrogen) atoms. The van der Waals surface area contributed by atoms with E-state index in [0.29, 0.717) is 27.7 Å². The number of hydrogen-bond donors (Lipinski definition) is 2. The van der Waals surface area contributed by atoms with Gasteiger partial charge in [0.2, 0.25) is 0 Å². The Kier molecular flexibility index (Phi) is 3.94. The highest BCUT2D eigenvalue weighted by Crippen LogP contribution is 2.35. The van der Waals surface area contributed by atoms with Gasteiger partial charge in [-0.25, -0.2) is 9.97 Å². The molecule has 0 fully saturated rings. The quantitative estimate of drug-likeness (QED) is 0.549. The Morgan fingerprint density at radius 3 is 2.70 bits per heavy atom. The van der Waals surface area contributed by atoms with Crippen LogP contribution in [0.2, 0.25) is 5.02 Å². The smallest absolute Gasteiger partial charge is 0.183 e. The van der Waals surface area contributed by atoms with Gasteiger partial charge in [0.15, 0.2) is 11.5 Å². The number of nitrogen functional groups attached to an aromatic ring is 1. The third-order valence-electron chi connectivity index (χ3n) is 4.16. The fourth-order valence-electron chi connectivity index (χ4n) is 2.86. The van der Waals surface area contributed by atoms with Gasteiger partial charge < -0.3 is 5.73 Å². The number of aromatic amines is 1. The summed E-state index contributed by atoms with van der Waals surface area (Å²) < 4.78 is 0. The van der Waals surface area contributed by atoms with E-state index < -0.39 is 0 Å². The van der Waals surface area contributed by atoms with Crippen molar-refractivity contribution in [2.45, 2.75) is 13.8 Å². The van der Waals surface area contributed by atoms with E-state index in [1.54, 1.807) is 12.3 Å². The second-order valence-electron chi connectivity index (χ2n) is 6.04. The number of nitrogens with one attached hydrogen (secondary N) is 1. The van der Waals surface area contributed by atoms with Gasteiger partial charge in [-0.05, 0) is 32.0 Å². The maximum Gasteiger partial charge on any atom is 0.183 e. The number of anilines is 1. The van der Waals surface area contributed by atoms with Crippen LogP contribution < -0.4 is 5.73 Å². The zero-order valence-corrected chi connectivity index (χ0v) is 15.2. The predicted octanol–water partition coefficient (Wildman–Crippen LogP) is 3.20. The van der Waals surface area contributed by atoms with Crippen LogP contribution in [-0.2, 0) is 0 Å². The molecule has 8 nitrogen and oxygen atoms in total. The van der Waals surface area contributed by atoms with Crippen LogP contribution in [0.15, 0.2) is 24.4 Å². The number of nitrogens with two attached hydrogens (primary N) is 1. The summed E-state index contributed by atoms with van der Waals surface area (Å²) in [4.78, 5) is 8.90. The van der Waals surface area contributed by atoms with Crippen LogP contribution in [0.5, 0.6) is 0 Å². The molecule has 0 spiro atoms. The highest BCUT2D eigenvalue weighted by Gasteiger charge is 2.19. The Morgan fingerprint density at radius 1 is 1.11 bits per heavy atom. The number of nitrogens with zero attached hydrogens (tertiary/aromatic N) is 6. The predicted molar refractivity (Wildman–Crippen MR) is 102 cm³/mol. The highest BCUT2D eigenvalue weighted by molar-refractivity contribution is 6.35. The first-order valence-corrected chi connectivity index (χ1v) is 8.37. The van der Waals surface area contributed by atoms with Crippen LogP contribution in [0, 0.1) is 25.2 Å². The lowest BCUT2D eigenvalue weighted by Gasteiger charge is -2.12. The van der Waals surface area contributed by atoms with Crippen molar-refractivity contribution < 1.29 is 0 Å². The monoisotopic (exact) mass is 376 g/mol. The van der Waals surface area contributed by atoms with E-state index in [9.17, 15) is 5.26 Å². The van der Waals surface area contributed by atoms with Gasteiger partial charge in [0.25, 0.3) is 0 Å². The average molecular weight is 377 g/mol. The first kappa shape index (κ1) is 16.9. The van der Waals surface area contributed by atoms with E-state index in [1.165, 1.54) is 0 Å². The first-order chi connectivity index (χ1) is 13.0. The molecule has 0 amide bonds. The Labute approximate surface area is 159 Å². The molecule has 3 aromatic heterocycles. The lowest BCUT2D eigenvalue weighted by atomic mass is 10.0. The molecule has 0 bridgehead atoms. The van der Waals surface area contributed by atoms with Crippen molar-refractivity contribution in [3.05, 3.63) is 46.5 Å². The molecule has 0 unspecified atom stereocenters. The van der Waals surface area contributed by atoms with Gasteiger partial charge in [0, 0.05) is 16.5 Å². The van der Waals surface area contributed by atoms with Crippen LogP contribution in [0.25, 0.3) is 33.4 Å². The second kappa shape index (κ2) is 6.30. The summed E-state index contributed by atoms with van der Waals surface area (Å²) in [6.07, 6.45) is 1.67. The zero-order valence-electron chi connectivity index (χ0n) is 14.4. The first-order valence-electron chi connectivity index (χ1n) is 8.00. The van der Waals surface area contributed by atoms with E-state index >= 15 is 0 Å². The number of hydrogen-bond acceptors (Lipinski definition) is 7. The van der Waals surface area contributed by atoms with Crippen molar-refractivity contribution in [3.8, 4) is 28.6 Å². The van der Waals surface area contributed by atoms with E-state index in [-0.39, 0.29) is 11.5 Å². The Hall–Kier alpha value is -3.57. The highest BCUT2D eigenvalue weighted by atomic mass is 35.5. The molecule has 0 saturated carbocycles. The molecule has 0 atom stereocenters. The number of aromatic nitrogens is 6. The van der Waals surface area contributed by atoms with Gasteiger partial charge in [-0.2, -0.15) is 20.6 Å². The normalized spacial score (nSPS) is 10.9. The minimum atomic E-state index is 0.0496. The molecule has 0 aliphatic heterocycles. The molecule has 3 N–H and O–H groups in total. The molecule has 0 radical (unpaired) electrons. The standard InChI is InChI=1S/C18H13ClN8/c1-8-3-12(9(2)26-25-8)17-16(23-14(6-20)18(21)24-17)10-4-11-7-22-27-15(11)13(19)5-10/h3-5,7H,1-2H3,(H2,21,24)(H,22,27). The average Bonchev–Trinajstić information content (AvgIpc) is 3.12. The number of benzene rings is 1. The number of fused-ring (bicyclic) bond motifs is 1. The molecule has 0 aliphatic carbocycles. The van der Waals surface area contributed by atoms with Crippen LogP contribution >= 0.6 is 11.6 Å². The molecule has 4 rings (SSSR count). The fourth-order valence-corrected chi connectivity index (χ4v) is 3.13. The van der Waals surface area contributed by atoms with Crippen molar-refractivity contribution in [3.63, 3.8) is 0 Å². The van der Waals surface area contributed by atoms with Crippen molar-refractivity contribution in [1.82, 2.24) is 30.4 Å². The van der Waals surface area contributed by atoms with Gasteiger partial charge >= 0.3 is 0 Å². The number of nitriles is 1. The summed E-state index contributed by atoms with van der Waals surface area (Å²) in [5, 5.41) is 25.7. The number of H-pyrrole nitrogens is 1. The molecule has 132 valence electrons. The van der Waals surface area contributed by atoms with Crippen LogP contribution in [-0.4, -0.2) is 30.4 Å². The van der Waals surface area contributed by atoms with Crippen LogP contribution in [0.4, 0.5) is 5.82 Å². The van der Waals surface area contributed by atoms with Gasteiger partial charge in [0.1, 0.15) is 11.8 Å². The van der Waals surface area contributed by atoms with E-state index in [0.717, 1.165) is 22.2 Å². The van der Waals surface area contributed by atoms with Gasteiger partial charge in [-0.3, -0.25) is 5.10 Å². The summed E-state index contributed by atoms with van der Waals surface area (Å²) >= 11 is 6.38. The largest absolute Gasteiger partial charge is 0.381 e. The SMILES string of the molecule is Cc1cc(-c2nc(N)c(C#N)nc2-c2cc(Cl)c3[nH]ncc3c2)c(C)nn1. The Balaban J connectivity index is 2.06. The minimum absolute atomic E-state index is 0.0496. The number of halogens is 1. The van der Waals surface area contributed by atoms with Crippen molar-refractivity contribution in [1.29, 1.82) is 5.26 Å². The summed E-state index contributed by atoms with van der Waals surface area (Å²) in [7, 11) is 0. The molecule has 3 heterocycles. The molecule has 9 heteroatoms. The van der Waals surface area contributed by atoms with E-state index in [4.69, 9.17) is 17.3 Å². The lowest BCUT2D eigenvalue weighted by molar-refractivity contribution is 0.941. The van der Waals surface area contributed by atoms with E-state index in [2.05, 4.69) is 30.4 Å². The third kappa shape index (κ3) is 2.84. The third-order valence-corrected chi connectivity index (χ3v) is 4.46. The second-order valence-corrected chi connectivity index (χ2v) is 6.45. The zero-order chi connectivity index (χ0) is 19.1. The summed E-state index contributed by atoms with van der Waals surface area (Å²) in [6.45, 7) is 3.67. The topological polar surface area (TPSA) is 130 Å². The van der Waals surface area contributed by atoms with Gasteiger partial charge in [-0.1, -0.05) is 11.6 Å². The maximum absolute atomic E-state index is 9.35. The lowest BCUT2D eigenvalue weighted by Crippen LogP contribution is -2.05. The fraction of sp³-hybridized carbons (Fsp3) is 0.111. The maximum atomic E-state index is 9.35. The molecule has 4 aromatic rings. The Bertz CT molecular complexity index is 1240. The van der Waals surface area contributed by atoms with Crippen molar-refractivity contribution >= 4 is 28.3 Å². The van der Waals surface area contributed by atoms with Crippen LogP contribution in [0.1, 0.15) is 17.1 Å². The number of rotatable bonds is 2. The molecule has 1 aromatic carbocycles.